The maximum Gasteiger partial charge on any atom is 0.240 e. The van der Waals surface area contributed by atoms with Crippen LogP contribution in [0.4, 0.5) is 5.69 Å². The number of aliphatic imine (C=N–C) groups is 1. The van der Waals surface area contributed by atoms with E-state index in [1.165, 1.54) is 6.08 Å². The summed E-state index contributed by atoms with van der Waals surface area (Å²) in [5.74, 6) is 0.937. The SMILES string of the molecule is CCc1nc2ccc(N=C=O)cc2[nH]1. The highest BCUT2D eigenvalue weighted by Gasteiger charge is 2.01. The van der Waals surface area contributed by atoms with Crippen molar-refractivity contribution in [3.8, 4) is 0 Å². The van der Waals surface area contributed by atoms with Crippen molar-refractivity contribution in [1.29, 1.82) is 0 Å². The van der Waals surface area contributed by atoms with E-state index in [0.29, 0.717) is 5.69 Å². The number of carbonyl (C=O) groups excluding carboxylic acids is 1. The molecule has 0 saturated heterocycles. The van der Waals surface area contributed by atoms with Gasteiger partial charge in [0.05, 0.1) is 16.7 Å². The van der Waals surface area contributed by atoms with Gasteiger partial charge in [0.25, 0.3) is 0 Å². The second kappa shape index (κ2) is 3.44. The maximum atomic E-state index is 10.1. The number of imidazole rings is 1. The number of benzene rings is 1. The minimum atomic E-state index is 0.596. The van der Waals surface area contributed by atoms with E-state index in [-0.39, 0.29) is 0 Å². The van der Waals surface area contributed by atoms with Crippen molar-refractivity contribution in [2.45, 2.75) is 13.3 Å². The van der Waals surface area contributed by atoms with Crippen LogP contribution >= 0.6 is 0 Å². The van der Waals surface area contributed by atoms with E-state index in [1.807, 2.05) is 13.0 Å². The Morgan fingerprint density at radius 3 is 3.14 bits per heavy atom. The van der Waals surface area contributed by atoms with Crippen LogP contribution in [0.1, 0.15) is 12.7 Å². The molecule has 1 N–H and O–H groups in total. The van der Waals surface area contributed by atoms with Crippen LogP contribution in [0.5, 0.6) is 0 Å². The van der Waals surface area contributed by atoms with Gasteiger partial charge in [-0.3, -0.25) is 0 Å². The summed E-state index contributed by atoms with van der Waals surface area (Å²) in [5, 5.41) is 0. The fourth-order valence-electron chi connectivity index (χ4n) is 1.34. The molecule has 1 aromatic heterocycles. The van der Waals surface area contributed by atoms with Crippen molar-refractivity contribution < 1.29 is 4.79 Å². The summed E-state index contributed by atoms with van der Waals surface area (Å²) in [7, 11) is 0. The molecule has 0 radical (unpaired) electrons. The fraction of sp³-hybridized carbons (Fsp3) is 0.200. The van der Waals surface area contributed by atoms with Crippen LogP contribution in [0.15, 0.2) is 23.2 Å². The molecule has 0 fully saturated rings. The number of aromatic nitrogens is 2. The first kappa shape index (κ1) is 8.66. The molecule has 0 atom stereocenters. The number of hydrogen-bond donors (Lipinski definition) is 1. The summed E-state index contributed by atoms with van der Waals surface area (Å²) >= 11 is 0. The maximum absolute atomic E-state index is 10.1. The smallest absolute Gasteiger partial charge is 0.240 e. The van der Waals surface area contributed by atoms with Gasteiger partial charge in [-0.25, -0.2) is 9.78 Å². The summed E-state index contributed by atoms with van der Waals surface area (Å²) in [4.78, 5) is 21.1. The van der Waals surface area contributed by atoms with Gasteiger partial charge in [0.1, 0.15) is 5.82 Å². The van der Waals surface area contributed by atoms with Crippen LogP contribution in [-0.2, 0) is 11.2 Å². The summed E-state index contributed by atoms with van der Waals surface area (Å²) in [5.41, 5.74) is 2.39. The van der Waals surface area contributed by atoms with Gasteiger partial charge >= 0.3 is 0 Å². The molecule has 0 aliphatic carbocycles. The van der Waals surface area contributed by atoms with Gasteiger partial charge in [0.2, 0.25) is 6.08 Å². The zero-order chi connectivity index (χ0) is 9.97. The van der Waals surface area contributed by atoms with Gasteiger partial charge in [-0.05, 0) is 18.2 Å². The molecule has 0 aliphatic rings. The lowest BCUT2D eigenvalue weighted by Crippen LogP contribution is -1.79. The lowest BCUT2D eigenvalue weighted by Gasteiger charge is -1.89. The number of rotatable bonds is 2. The van der Waals surface area contributed by atoms with Crippen LogP contribution in [0.3, 0.4) is 0 Å². The molecule has 14 heavy (non-hydrogen) atoms. The van der Waals surface area contributed by atoms with Crippen molar-refractivity contribution >= 4 is 22.8 Å². The minimum absolute atomic E-state index is 0.596. The van der Waals surface area contributed by atoms with Crippen LogP contribution < -0.4 is 0 Å². The van der Waals surface area contributed by atoms with Crippen LogP contribution in [0, 0.1) is 0 Å². The average Bonchev–Trinajstić information content (AvgIpc) is 2.60. The molecule has 0 spiro atoms. The lowest BCUT2D eigenvalue weighted by atomic mass is 10.3. The monoisotopic (exact) mass is 187 g/mol. The lowest BCUT2D eigenvalue weighted by molar-refractivity contribution is 0.565. The second-order valence-corrected chi connectivity index (χ2v) is 2.94. The standard InChI is InChI=1S/C10H9N3O/c1-2-10-12-8-4-3-7(11-6-14)5-9(8)13-10/h3-5H,2H2,1H3,(H,12,13). The van der Waals surface area contributed by atoms with E-state index in [4.69, 9.17) is 0 Å². The Hall–Kier alpha value is -1.93. The predicted molar refractivity (Wildman–Crippen MR) is 53.3 cm³/mol. The molecular formula is C10H9N3O. The second-order valence-electron chi connectivity index (χ2n) is 2.94. The third-order valence-electron chi connectivity index (χ3n) is 2.02. The fourth-order valence-corrected chi connectivity index (χ4v) is 1.34. The van der Waals surface area contributed by atoms with E-state index < -0.39 is 0 Å². The number of isocyanates is 1. The predicted octanol–water partition coefficient (Wildman–Crippen LogP) is 2.09. The molecule has 2 rings (SSSR count). The van der Waals surface area contributed by atoms with E-state index in [2.05, 4.69) is 15.0 Å². The van der Waals surface area contributed by atoms with Crippen molar-refractivity contribution in [3.05, 3.63) is 24.0 Å². The Morgan fingerprint density at radius 2 is 2.43 bits per heavy atom. The summed E-state index contributed by atoms with van der Waals surface area (Å²) < 4.78 is 0. The largest absolute Gasteiger partial charge is 0.342 e. The normalized spacial score (nSPS) is 10.1. The number of fused-ring (bicyclic) bond motifs is 1. The van der Waals surface area contributed by atoms with Gasteiger partial charge in [-0.15, -0.1) is 0 Å². The molecule has 4 heteroatoms. The topological polar surface area (TPSA) is 58.1 Å². The van der Waals surface area contributed by atoms with Crippen LogP contribution in [0.25, 0.3) is 11.0 Å². The molecule has 0 unspecified atom stereocenters. The first-order chi connectivity index (χ1) is 6.83. The highest BCUT2D eigenvalue weighted by molar-refractivity contribution is 5.79. The minimum Gasteiger partial charge on any atom is -0.342 e. The number of H-pyrrole nitrogens is 1. The quantitative estimate of drug-likeness (QED) is 0.578. The van der Waals surface area contributed by atoms with Crippen LogP contribution in [-0.4, -0.2) is 16.0 Å². The molecule has 70 valence electrons. The molecule has 0 bridgehead atoms. The number of aromatic amines is 1. The van der Waals surface area contributed by atoms with Crippen molar-refractivity contribution in [1.82, 2.24) is 9.97 Å². The highest BCUT2D eigenvalue weighted by Crippen LogP contribution is 2.18. The van der Waals surface area contributed by atoms with E-state index in [1.54, 1.807) is 12.1 Å². The van der Waals surface area contributed by atoms with Gasteiger partial charge in [0.15, 0.2) is 0 Å². The van der Waals surface area contributed by atoms with E-state index >= 15 is 0 Å². The molecule has 0 aliphatic heterocycles. The van der Waals surface area contributed by atoms with Gasteiger partial charge in [-0.2, -0.15) is 4.99 Å². The highest BCUT2D eigenvalue weighted by atomic mass is 16.1. The number of nitrogens with zero attached hydrogens (tertiary/aromatic N) is 2. The molecule has 2 aromatic rings. The third-order valence-corrected chi connectivity index (χ3v) is 2.02. The van der Waals surface area contributed by atoms with Gasteiger partial charge in [0, 0.05) is 6.42 Å². The summed E-state index contributed by atoms with van der Waals surface area (Å²) in [6.07, 6.45) is 2.37. The Morgan fingerprint density at radius 1 is 1.57 bits per heavy atom. The summed E-state index contributed by atoms with van der Waals surface area (Å²) in [6.45, 7) is 2.03. The Labute approximate surface area is 80.7 Å². The van der Waals surface area contributed by atoms with E-state index in [0.717, 1.165) is 23.3 Å². The Bertz CT molecular complexity index is 509. The van der Waals surface area contributed by atoms with Crippen molar-refractivity contribution in [2.24, 2.45) is 4.99 Å². The Balaban J connectivity index is 2.59. The Kier molecular flexibility index (Phi) is 2.13. The number of nitrogens with one attached hydrogen (secondary N) is 1. The van der Waals surface area contributed by atoms with E-state index in [9.17, 15) is 4.79 Å². The van der Waals surface area contributed by atoms with Crippen molar-refractivity contribution in [2.75, 3.05) is 0 Å². The molecule has 4 nitrogen and oxygen atoms in total. The first-order valence-corrected chi connectivity index (χ1v) is 4.40. The first-order valence-electron chi connectivity index (χ1n) is 4.40. The van der Waals surface area contributed by atoms with Gasteiger partial charge < -0.3 is 4.98 Å². The van der Waals surface area contributed by atoms with Gasteiger partial charge in [-0.1, -0.05) is 6.92 Å². The number of hydrogen-bond acceptors (Lipinski definition) is 3. The summed E-state index contributed by atoms with van der Waals surface area (Å²) in [6, 6.07) is 5.36. The van der Waals surface area contributed by atoms with Crippen LogP contribution in [0.2, 0.25) is 0 Å². The molecule has 1 heterocycles. The van der Waals surface area contributed by atoms with Crippen molar-refractivity contribution in [3.63, 3.8) is 0 Å². The zero-order valence-electron chi connectivity index (χ0n) is 7.74. The molecule has 0 amide bonds. The molecule has 1 aromatic carbocycles. The molecule has 0 saturated carbocycles. The molecular weight excluding hydrogens is 178 g/mol. The number of aryl methyl sites for hydroxylation is 1. The average molecular weight is 187 g/mol. The zero-order valence-corrected chi connectivity index (χ0v) is 7.74. The third kappa shape index (κ3) is 1.43.